The predicted octanol–water partition coefficient (Wildman–Crippen LogP) is 2.14. The molecule has 2 nitrogen and oxygen atoms in total. The van der Waals surface area contributed by atoms with Gasteiger partial charge in [0, 0.05) is 24.1 Å². The number of carbonyl (C=O) groups excluding carboxylic acids is 1. The molecule has 0 fully saturated rings. The Morgan fingerprint density at radius 1 is 1.75 bits per heavy atom. The lowest BCUT2D eigenvalue weighted by Gasteiger charge is -2.13. The van der Waals surface area contributed by atoms with Gasteiger partial charge in [-0.05, 0) is 12.2 Å². The highest BCUT2D eigenvalue weighted by Gasteiger charge is 2.11. The third-order valence-corrected chi connectivity index (χ3v) is 1.93. The van der Waals surface area contributed by atoms with Gasteiger partial charge in [-0.2, -0.15) is 0 Å². The Bertz CT molecular complexity index is 258. The highest BCUT2D eigenvalue weighted by molar-refractivity contribution is 6.31. The average Bonchev–Trinajstić information content (AvgIpc) is 1.81. The molecule has 0 spiro atoms. The molecule has 0 saturated carbocycles. The van der Waals surface area contributed by atoms with Gasteiger partial charge in [0.2, 0.25) is 5.91 Å². The fraction of sp³-hybridized carbons (Fsp3) is 0.375. The Kier molecular flexibility index (Phi) is 3.18. The molecule has 1 N–H and O–H groups in total. The van der Waals surface area contributed by atoms with Gasteiger partial charge in [0.25, 0.3) is 0 Å². The summed E-state index contributed by atoms with van der Waals surface area (Å²) in [6.45, 7) is 1.44. The Labute approximate surface area is 81.2 Å². The van der Waals surface area contributed by atoms with Crippen molar-refractivity contribution in [2.45, 2.75) is 18.7 Å². The summed E-state index contributed by atoms with van der Waals surface area (Å²) in [6, 6.07) is 0. The van der Waals surface area contributed by atoms with Crippen LogP contribution in [0.25, 0.3) is 0 Å². The van der Waals surface area contributed by atoms with Gasteiger partial charge in [0.15, 0.2) is 0 Å². The van der Waals surface area contributed by atoms with Crippen molar-refractivity contribution >= 4 is 29.1 Å². The van der Waals surface area contributed by atoms with Crippen LogP contribution in [0.15, 0.2) is 22.9 Å². The molecule has 1 atom stereocenters. The molecule has 1 aliphatic rings. The molecule has 0 aromatic heterocycles. The first-order chi connectivity index (χ1) is 5.58. The number of hydrogen-bond donors (Lipinski definition) is 1. The highest BCUT2D eigenvalue weighted by atomic mass is 35.5. The third-order valence-electron chi connectivity index (χ3n) is 1.38. The standard InChI is InChI=1S/C8H9Cl2NO/c1-5(12)11-8-3-6(9)2-7(10)4-8/h3-4,6H,2H2,1H3,(H,11,12). The lowest BCUT2D eigenvalue weighted by molar-refractivity contribution is -0.118. The summed E-state index contributed by atoms with van der Waals surface area (Å²) in [7, 11) is 0. The summed E-state index contributed by atoms with van der Waals surface area (Å²) in [5.41, 5.74) is 0.679. The fourth-order valence-electron chi connectivity index (χ4n) is 0.997. The van der Waals surface area contributed by atoms with Gasteiger partial charge < -0.3 is 5.32 Å². The van der Waals surface area contributed by atoms with Crippen molar-refractivity contribution in [2.24, 2.45) is 0 Å². The molecular formula is C8H9Cl2NO. The van der Waals surface area contributed by atoms with Crippen LogP contribution in [0.2, 0.25) is 0 Å². The van der Waals surface area contributed by atoms with E-state index in [4.69, 9.17) is 23.2 Å². The highest BCUT2D eigenvalue weighted by Crippen LogP contribution is 2.22. The summed E-state index contributed by atoms with van der Waals surface area (Å²) < 4.78 is 0. The minimum Gasteiger partial charge on any atom is -0.327 e. The number of amides is 1. The molecule has 66 valence electrons. The summed E-state index contributed by atoms with van der Waals surface area (Å²) in [6.07, 6.45) is 4.11. The lowest BCUT2D eigenvalue weighted by Crippen LogP contribution is -2.20. The normalized spacial score (nSPS) is 22.8. The number of hydrogen-bond acceptors (Lipinski definition) is 1. The Morgan fingerprint density at radius 2 is 2.42 bits per heavy atom. The van der Waals surface area contributed by atoms with Crippen LogP contribution in [0.4, 0.5) is 0 Å². The number of rotatable bonds is 1. The van der Waals surface area contributed by atoms with Crippen molar-refractivity contribution in [3.05, 3.63) is 22.9 Å². The van der Waals surface area contributed by atoms with E-state index in [1.54, 1.807) is 12.2 Å². The maximum absolute atomic E-state index is 10.7. The van der Waals surface area contributed by atoms with Crippen LogP contribution in [0, 0.1) is 0 Å². The molecule has 0 aromatic rings. The van der Waals surface area contributed by atoms with Crippen molar-refractivity contribution < 1.29 is 4.79 Å². The van der Waals surface area contributed by atoms with E-state index in [0.717, 1.165) is 0 Å². The number of allylic oxidation sites excluding steroid dienone is 3. The number of carbonyl (C=O) groups is 1. The molecule has 12 heavy (non-hydrogen) atoms. The molecule has 1 rings (SSSR count). The van der Waals surface area contributed by atoms with Crippen LogP contribution in [0.1, 0.15) is 13.3 Å². The predicted molar refractivity (Wildman–Crippen MR) is 50.1 cm³/mol. The minimum absolute atomic E-state index is 0.118. The van der Waals surface area contributed by atoms with Crippen LogP contribution < -0.4 is 5.32 Å². The molecule has 0 bridgehead atoms. The second-order valence-corrected chi connectivity index (χ2v) is 3.66. The van der Waals surface area contributed by atoms with Crippen LogP contribution in [-0.4, -0.2) is 11.3 Å². The van der Waals surface area contributed by atoms with E-state index in [9.17, 15) is 4.79 Å². The third kappa shape index (κ3) is 2.88. The molecule has 4 heteroatoms. The second kappa shape index (κ2) is 3.97. The number of alkyl halides is 1. The zero-order valence-corrected chi connectivity index (χ0v) is 8.12. The van der Waals surface area contributed by atoms with Crippen molar-refractivity contribution in [3.8, 4) is 0 Å². The van der Waals surface area contributed by atoms with E-state index in [1.807, 2.05) is 0 Å². The quantitative estimate of drug-likeness (QED) is 0.654. The maximum atomic E-state index is 10.7. The maximum Gasteiger partial charge on any atom is 0.221 e. The first kappa shape index (κ1) is 9.62. The summed E-state index contributed by atoms with van der Waals surface area (Å²) >= 11 is 11.6. The van der Waals surface area contributed by atoms with Crippen molar-refractivity contribution in [1.82, 2.24) is 5.32 Å². The van der Waals surface area contributed by atoms with Crippen LogP contribution >= 0.6 is 23.2 Å². The second-order valence-electron chi connectivity index (χ2n) is 2.61. The van der Waals surface area contributed by atoms with Gasteiger partial charge in [-0.15, -0.1) is 11.6 Å². The van der Waals surface area contributed by atoms with E-state index >= 15 is 0 Å². The van der Waals surface area contributed by atoms with Gasteiger partial charge in [-0.25, -0.2) is 0 Å². The lowest BCUT2D eigenvalue weighted by atomic mass is 10.1. The zero-order chi connectivity index (χ0) is 9.14. The zero-order valence-electron chi connectivity index (χ0n) is 6.60. The van der Waals surface area contributed by atoms with Gasteiger partial charge in [-0.3, -0.25) is 4.79 Å². The van der Waals surface area contributed by atoms with Gasteiger partial charge in [-0.1, -0.05) is 11.6 Å². The van der Waals surface area contributed by atoms with E-state index < -0.39 is 0 Å². The van der Waals surface area contributed by atoms with Crippen molar-refractivity contribution in [2.75, 3.05) is 0 Å². The fourth-order valence-corrected chi connectivity index (χ4v) is 1.66. The van der Waals surface area contributed by atoms with Crippen LogP contribution in [0.5, 0.6) is 0 Å². The molecular weight excluding hydrogens is 197 g/mol. The Balaban J connectivity index is 2.69. The summed E-state index contributed by atoms with van der Waals surface area (Å²) in [5.74, 6) is -0.118. The first-order valence-corrected chi connectivity index (χ1v) is 4.39. The van der Waals surface area contributed by atoms with Crippen molar-refractivity contribution in [3.63, 3.8) is 0 Å². The van der Waals surface area contributed by atoms with Gasteiger partial charge in [0.05, 0.1) is 5.38 Å². The summed E-state index contributed by atoms with van der Waals surface area (Å²) in [5, 5.41) is 3.17. The Hall–Kier alpha value is -0.470. The van der Waals surface area contributed by atoms with E-state index in [2.05, 4.69) is 5.32 Å². The Morgan fingerprint density at radius 3 is 2.92 bits per heavy atom. The molecule has 0 radical (unpaired) electrons. The molecule has 1 amide bonds. The van der Waals surface area contributed by atoms with Crippen molar-refractivity contribution in [1.29, 1.82) is 0 Å². The van der Waals surface area contributed by atoms with Crippen LogP contribution in [0.3, 0.4) is 0 Å². The van der Waals surface area contributed by atoms with E-state index in [1.165, 1.54) is 6.92 Å². The smallest absolute Gasteiger partial charge is 0.221 e. The largest absolute Gasteiger partial charge is 0.327 e. The number of halogens is 2. The molecule has 0 aliphatic heterocycles. The topological polar surface area (TPSA) is 29.1 Å². The minimum atomic E-state index is -0.121. The SMILES string of the molecule is CC(=O)NC1=CC(Cl)CC(Cl)=C1. The number of nitrogens with one attached hydrogen (secondary N) is 1. The van der Waals surface area contributed by atoms with E-state index in [0.29, 0.717) is 17.2 Å². The molecule has 0 heterocycles. The average molecular weight is 206 g/mol. The molecule has 1 aliphatic carbocycles. The van der Waals surface area contributed by atoms with Gasteiger partial charge >= 0.3 is 0 Å². The van der Waals surface area contributed by atoms with E-state index in [-0.39, 0.29) is 11.3 Å². The summed E-state index contributed by atoms with van der Waals surface area (Å²) in [4.78, 5) is 10.7. The first-order valence-electron chi connectivity index (χ1n) is 3.57. The van der Waals surface area contributed by atoms with Gasteiger partial charge in [0.1, 0.15) is 0 Å². The molecule has 0 aromatic carbocycles. The van der Waals surface area contributed by atoms with Crippen LogP contribution in [-0.2, 0) is 4.79 Å². The molecule has 1 unspecified atom stereocenters. The monoisotopic (exact) mass is 205 g/mol. The molecule has 0 saturated heterocycles.